The number of tetrazole rings is 1. The molecule has 9 rings (SSSR count). The lowest BCUT2D eigenvalue weighted by Crippen LogP contribution is -2.49. The van der Waals surface area contributed by atoms with Gasteiger partial charge >= 0.3 is 25.4 Å². The molecule has 10 atom stereocenters. The number of ether oxygens (including phenoxy) is 7. The lowest BCUT2D eigenvalue weighted by molar-refractivity contribution is -0.135. The van der Waals surface area contributed by atoms with Crippen LogP contribution in [0.3, 0.4) is 0 Å². The monoisotopic (exact) mass is 1240 g/mol. The van der Waals surface area contributed by atoms with Gasteiger partial charge in [-0.2, -0.15) is 38.1 Å². The maximum atomic E-state index is 13.8. The van der Waals surface area contributed by atoms with Crippen molar-refractivity contribution in [2.45, 2.75) is 136 Å². The molecule has 1 amide bonds. The van der Waals surface area contributed by atoms with Gasteiger partial charge in [0.2, 0.25) is 16.5 Å². The highest BCUT2D eigenvalue weighted by Gasteiger charge is 2.55. The van der Waals surface area contributed by atoms with Gasteiger partial charge in [-0.3, -0.25) is 13.9 Å². The Morgan fingerprint density at radius 1 is 0.805 bits per heavy atom. The van der Waals surface area contributed by atoms with Gasteiger partial charge in [-0.15, -0.1) is 10.2 Å². The minimum atomic E-state index is -5.67. The van der Waals surface area contributed by atoms with E-state index in [4.69, 9.17) is 44.8 Å². The quantitative estimate of drug-likeness (QED) is 0.0144. The Morgan fingerprint density at radius 2 is 1.37 bits per heavy atom. The van der Waals surface area contributed by atoms with Gasteiger partial charge in [0.1, 0.15) is 61.6 Å². The van der Waals surface area contributed by atoms with E-state index in [1.54, 1.807) is 4.72 Å². The number of H-pyrrole nitrogens is 1. The molecular formula is C42H63ClN16O20P2S. The van der Waals surface area contributed by atoms with Crippen LogP contribution < -0.4 is 15.4 Å². The number of carbonyl (C=O) groups is 1. The molecule has 0 bridgehead atoms. The van der Waals surface area contributed by atoms with Crippen LogP contribution >= 0.6 is 26.8 Å². The van der Waals surface area contributed by atoms with E-state index in [9.17, 15) is 62.3 Å². The van der Waals surface area contributed by atoms with E-state index in [1.165, 1.54) is 12.4 Å². The first kappa shape index (κ1) is 61.8. The third kappa shape index (κ3) is 12.9. The molecule has 2 aliphatic heterocycles. The van der Waals surface area contributed by atoms with Crippen molar-refractivity contribution >= 4 is 76.6 Å². The standard InChI is InChI=1S/C42H63ClN16O20P2S/c1-57(82(71,72)54-29(61)12-42(19-74-3,81(68,69)70)76-16-25-30(62)31(63)38(78-25)59-37-24(14-45-59)35(50-40(43)51-37)47-21-7-4-5-8-21)20-75-33-26(17-77-41(18-73-2,80(65,66)67)11-27-52-55-56-53-27)79-39(32(33)64)58-36-23(13-44-58)34(46-22-9-6-10-22)48-28(15-60)49-36/h13-14,21-22,25-26,30-33,38-39,60,62-64H,4-12,15-20H2,1-3H3,(H,54,61)(H,46,48,49)(H,47,50,51)(H2,65,66,67)(H2,68,69,70)(H,52,53,55,56)/t25-,26-,30-,31-,32-,33-,38-,39-,41-,42?/m1/s1. The van der Waals surface area contributed by atoms with Gasteiger partial charge in [0.05, 0.1) is 62.4 Å². The summed E-state index contributed by atoms with van der Waals surface area (Å²) in [5.74, 6) is -1.06. The van der Waals surface area contributed by atoms with Crippen LogP contribution in [-0.2, 0) is 70.3 Å². The van der Waals surface area contributed by atoms with Crippen LogP contribution in [0.15, 0.2) is 12.4 Å². The first-order valence-electron chi connectivity index (χ1n) is 25.5. The van der Waals surface area contributed by atoms with E-state index in [1.807, 2.05) is 0 Å². The first-order chi connectivity index (χ1) is 38.9. The summed E-state index contributed by atoms with van der Waals surface area (Å²) in [6.45, 7) is -5.12. The van der Waals surface area contributed by atoms with Crippen molar-refractivity contribution in [3.63, 3.8) is 0 Å². The van der Waals surface area contributed by atoms with Crippen molar-refractivity contribution in [3.8, 4) is 0 Å². The summed E-state index contributed by atoms with van der Waals surface area (Å²) in [5, 5.41) is 68.1. The predicted octanol–water partition coefficient (Wildman–Crippen LogP) is -2.14. The van der Waals surface area contributed by atoms with E-state index >= 15 is 0 Å². The summed E-state index contributed by atoms with van der Waals surface area (Å²) >= 11 is 6.28. The molecule has 0 aromatic carbocycles. The van der Waals surface area contributed by atoms with Crippen molar-refractivity contribution in [1.82, 2.24) is 69.1 Å². The minimum absolute atomic E-state index is 0.0253. The number of hydrogen-bond donors (Lipinski definition) is 12. The molecule has 36 nitrogen and oxygen atoms in total. The number of anilines is 2. The highest BCUT2D eigenvalue weighted by molar-refractivity contribution is 7.87. The number of hydrogen-bond acceptors (Lipinski definition) is 27. The fraction of sp³-hybridized carbons (Fsp3) is 0.714. The zero-order valence-electron chi connectivity index (χ0n) is 44.1. The van der Waals surface area contributed by atoms with Crippen LogP contribution in [0, 0.1) is 0 Å². The normalized spacial score (nSPS) is 25.5. The summed E-state index contributed by atoms with van der Waals surface area (Å²) in [6.07, 6.45) is -5.89. The average molecular weight is 1240 g/mol. The fourth-order valence-corrected chi connectivity index (χ4v) is 12.6. The van der Waals surface area contributed by atoms with Gasteiger partial charge in [-0.1, -0.05) is 18.1 Å². The number of aromatic amines is 1. The average Bonchev–Trinajstić information content (AvgIpc) is 4.48. The summed E-state index contributed by atoms with van der Waals surface area (Å²) in [5.41, 5.74) is 0.180. The second kappa shape index (κ2) is 25.1. The Morgan fingerprint density at radius 3 is 1.94 bits per heavy atom. The molecule has 7 heterocycles. The second-order valence-corrected chi connectivity index (χ2v) is 26.1. The third-order valence-corrected chi connectivity index (χ3v) is 19.1. The minimum Gasteiger partial charge on any atom is -0.388 e. The molecule has 4 aliphatic rings. The molecule has 2 saturated carbocycles. The Bertz CT molecular complexity index is 3240. The van der Waals surface area contributed by atoms with Crippen molar-refractivity contribution < 1.29 is 95.5 Å². The summed E-state index contributed by atoms with van der Waals surface area (Å²) in [6, 6.07) is 0.189. The predicted molar refractivity (Wildman–Crippen MR) is 277 cm³/mol. The molecule has 454 valence electrons. The van der Waals surface area contributed by atoms with Gasteiger partial charge in [-0.25, -0.2) is 24.1 Å². The molecule has 82 heavy (non-hydrogen) atoms. The molecule has 5 aromatic rings. The molecule has 2 saturated heterocycles. The Labute approximate surface area is 470 Å². The number of fused-ring (bicyclic) bond motifs is 2. The molecule has 0 radical (unpaired) electrons. The smallest absolute Gasteiger partial charge is 0.360 e. The molecular weight excluding hydrogens is 1180 g/mol. The lowest BCUT2D eigenvalue weighted by atomic mass is 9.93. The van der Waals surface area contributed by atoms with Crippen molar-refractivity contribution in [1.29, 1.82) is 0 Å². The van der Waals surface area contributed by atoms with Gasteiger partial charge < -0.3 is 83.8 Å². The first-order valence-corrected chi connectivity index (χ1v) is 30.6. The van der Waals surface area contributed by atoms with Crippen LogP contribution in [0.4, 0.5) is 11.6 Å². The number of amides is 1. The number of nitrogens with zero attached hydrogens (tertiary/aromatic N) is 12. The van der Waals surface area contributed by atoms with E-state index in [0.717, 1.165) is 75.6 Å². The van der Waals surface area contributed by atoms with Crippen LogP contribution in [0.1, 0.15) is 75.5 Å². The molecule has 4 fully saturated rings. The Kier molecular flexibility index (Phi) is 18.9. The van der Waals surface area contributed by atoms with Crippen LogP contribution in [0.2, 0.25) is 5.28 Å². The van der Waals surface area contributed by atoms with E-state index < -0.39 is 144 Å². The highest BCUT2D eigenvalue weighted by Crippen LogP contribution is 2.55. The number of halogens is 1. The van der Waals surface area contributed by atoms with Crippen molar-refractivity contribution in [2.75, 3.05) is 65.1 Å². The number of methoxy groups -OCH3 is 2. The zero-order valence-corrected chi connectivity index (χ0v) is 47.4. The topological polar surface area (TPSA) is 493 Å². The third-order valence-electron chi connectivity index (χ3n) is 14.5. The zero-order chi connectivity index (χ0) is 58.9. The van der Waals surface area contributed by atoms with Crippen molar-refractivity contribution in [3.05, 3.63) is 29.3 Å². The Hall–Kier alpha value is -4.70. The van der Waals surface area contributed by atoms with Gasteiger partial charge in [0.15, 0.2) is 40.7 Å². The molecule has 1 unspecified atom stereocenters. The van der Waals surface area contributed by atoms with E-state index in [0.29, 0.717) is 26.7 Å². The maximum Gasteiger partial charge on any atom is 0.360 e. The molecule has 12 N–H and O–H groups in total. The second-order valence-electron chi connectivity index (χ2n) is 20.2. The van der Waals surface area contributed by atoms with Crippen LogP contribution in [0.25, 0.3) is 22.1 Å². The SMILES string of the molecule is COCC(CC(=O)NS(=O)(=O)N(C)CO[C@H]1[C@@H](O)[C@H](n2ncc3c(NC4CCC4)nc(CO)nc32)O[C@@H]1CO[C@](COC)(Cc1nn[nH]n1)P(=O)(O)O)(OC[C@H]1O[C@@H](n2ncc3c(NC4CCCC4)nc(Cl)nc32)[C@H](O)[C@@H]1O)P(=O)(O)O. The lowest BCUT2D eigenvalue weighted by Gasteiger charge is -2.34. The molecule has 5 aromatic heterocycles. The van der Waals surface area contributed by atoms with Gasteiger partial charge in [-0.05, 0) is 43.7 Å². The number of aliphatic hydroxyl groups excluding tert-OH is 4. The number of rotatable bonds is 28. The fourth-order valence-electron chi connectivity index (χ4n) is 9.90. The maximum absolute atomic E-state index is 13.8. The summed E-state index contributed by atoms with van der Waals surface area (Å²) in [7, 11) is -13.0. The van der Waals surface area contributed by atoms with Gasteiger partial charge in [0.25, 0.3) is 0 Å². The molecule has 2 aliphatic carbocycles. The van der Waals surface area contributed by atoms with Crippen LogP contribution in [-0.4, -0.2) is 233 Å². The largest absolute Gasteiger partial charge is 0.388 e. The van der Waals surface area contributed by atoms with Crippen molar-refractivity contribution in [2.24, 2.45) is 0 Å². The number of carbonyl (C=O) groups excluding carboxylic acids is 1. The summed E-state index contributed by atoms with van der Waals surface area (Å²) < 4.78 is 98.6. The van der Waals surface area contributed by atoms with Crippen LogP contribution in [0.5, 0.6) is 0 Å². The highest BCUT2D eigenvalue weighted by atomic mass is 35.5. The summed E-state index contributed by atoms with van der Waals surface area (Å²) in [4.78, 5) is 73.8. The number of nitrogens with one attached hydrogen (secondary N) is 4. The number of aliphatic hydroxyl groups is 4. The molecule has 40 heteroatoms. The van der Waals surface area contributed by atoms with E-state index in [-0.39, 0.29) is 40.3 Å². The number of aromatic nitrogens is 12. The van der Waals surface area contributed by atoms with E-state index in [2.05, 4.69) is 61.4 Å². The Balaban J connectivity index is 0.906. The molecule has 0 spiro atoms. The van der Waals surface area contributed by atoms with Gasteiger partial charge in [0, 0.05) is 33.4 Å².